The van der Waals surface area contributed by atoms with Crippen molar-refractivity contribution in [2.24, 2.45) is 0 Å². The molecule has 4 rings (SSSR count). The molecule has 1 saturated heterocycles. The Morgan fingerprint density at radius 1 is 1.52 bits per heavy atom. The molecular weight excluding hydrogens is 294 g/mol. The van der Waals surface area contributed by atoms with Gasteiger partial charge in [-0.25, -0.2) is 0 Å². The standard InChI is InChI=1S/C18H23NO4/c1-19-8-7-17-11-23-16-13(22-2)5-4-12(15(16)17)10-14(19)18(17,21)6-3-9-20/h4-5,9,14,21H,3,6-8,10-11H2,1-2H3/t14?,17-,18?/m1/s1. The van der Waals surface area contributed by atoms with Crippen molar-refractivity contribution in [2.45, 2.75) is 42.7 Å². The monoisotopic (exact) mass is 317 g/mol. The quantitative estimate of drug-likeness (QED) is 0.848. The number of benzene rings is 1. The van der Waals surface area contributed by atoms with Gasteiger partial charge < -0.3 is 24.3 Å². The van der Waals surface area contributed by atoms with Crippen LogP contribution in [0.15, 0.2) is 12.1 Å². The lowest BCUT2D eigenvalue weighted by molar-refractivity contribution is -0.149. The van der Waals surface area contributed by atoms with Crippen LogP contribution in [0.25, 0.3) is 0 Å². The van der Waals surface area contributed by atoms with Crippen molar-refractivity contribution in [3.63, 3.8) is 0 Å². The highest BCUT2D eigenvalue weighted by molar-refractivity contribution is 5.61. The summed E-state index contributed by atoms with van der Waals surface area (Å²) in [6.45, 7) is 1.39. The SMILES string of the molecule is COc1ccc2c3c1OC[C@]31CCN(C)C(C2)C1(O)CCC=O. The van der Waals surface area contributed by atoms with Crippen LogP contribution < -0.4 is 9.47 Å². The number of piperidine rings is 1. The highest BCUT2D eigenvalue weighted by Crippen LogP contribution is 2.60. The number of carbonyl (C=O) groups is 1. The number of carbonyl (C=O) groups excluding carboxylic acids is 1. The van der Waals surface area contributed by atoms with Gasteiger partial charge in [0.15, 0.2) is 11.5 Å². The summed E-state index contributed by atoms with van der Waals surface area (Å²) in [5, 5.41) is 11.7. The largest absolute Gasteiger partial charge is 0.493 e. The van der Waals surface area contributed by atoms with Crippen LogP contribution >= 0.6 is 0 Å². The van der Waals surface area contributed by atoms with E-state index >= 15 is 0 Å². The van der Waals surface area contributed by atoms with Crippen LogP contribution in [-0.4, -0.2) is 55.2 Å². The van der Waals surface area contributed by atoms with Gasteiger partial charge in [0, 0.05) is 18.0 Å². The number of hydrogen-bond acceptors (Lipinski definition) is 5. The smallest absolute Gasteiger partial charge is 0.165 e. The molecule has 5 nitrogen and oxygen atoms in total. The average Bonchev–Trinajstić information content (AvgIpc) is 2.95. The summed E-state index contributed by atoms with van der Waals surface area (Å²) in [5.74, 6) is 1.52. The Morgan fingerprint density at radius 2 is 2.35 bits per heavy atom. The van der Waals surface area contributed by atoms with E-state index in [4.69, 9.17) is 9.47 Å². The van der Waals surface area contributed by atoms with Crippen LogP contribution in [0, 0.1) is 0 Å². The zero-order chi connectivity index (χ0) is 16.2. The van der Waals surface area contributed by atoms with Gasteiger partial charge in [-0.3, -0.25) is 0 Å². The molecule has 2 unspecified atom stereocenters. The van der Waals surface area contributed by atoms with E-state index in [2.05, 4.69) is 18.0 Å². The van der Waals surface area contributed by atoms with Crippen molar-refractivity contribution in [1.82, 2.24) is 4.90 Å². The van der Waals surface area contributed by atoms with Gasteiger partial charge in [-0.15, -0.1) is 0 Å². The lowest BCUT2D eigenvalue weighted by Crippen LogP contribution is -2.71. The lowest BCUT2D eigenvalue weighted by atomic mass is 9.54. The van der Waals surface area contributed by atoms with Gasteiger partial charge in [0.25, 0.3) is 0 Å². The summed E-state index contributed by atoms with van der Waals surface area (Å²) in [6.07, 6.45) is 3.37. The lowest BCUT2D eigenvalue weighted by Gasteiger charge is -2.59. The van der Waals surface area contributed by atoms with E-state index in [0.717, 1.165) is 42.7 Å². The van der Waals surface area contributed by atoms with Gasteiger partial charge in [0.2, 0.25) is 0 Å². The Balaban J connectivity index is 1.93. The number of rotatable bonds is 4. The molecule has 1 aromatic carbocycles. The molecule has 3 aliphatic rings. The summed E-state index contributed by atoms with van der Waals surface area (Å²) in [5.41, 5.74) is 0.996. The first kappa shape index (κ1) is 15.0. The fraction of sp³-hybridized carbons (Fsp3) is 0.611. The molecule has 1 aromatic rings. The first-order valence-corrected chi connectivity index (χ1v) is 8.27. The minimum absolute atomic E-state index is 0.0200. The summed E-state index contributed by atoms with van der Waals surface area (Å²) in [6, 6.07) is 4.08. The first-order valence-electron chi connectivity index (χ1n) is 8.27. The highest BCUT2D eigenvalue weighted by atomic mass is 16.5. The van der Waals surface area contributed by atoms with Gasteiger partial charge in [0.1, 0.15) is 12.9 Å². The maximum absolute atomic E-state index is 11.7. The summed E-state index contributed by atoms with van der Waals surface area (Å²) < 4.78 is 11.5. The van der Waals surface area contributed by atoms with E-state index < -0.39 is 11.0 Å². The van der Waals surface area contributed by atoms with Gasteiger partial charge in [0.05, 0.1) is 18.1 Å². The maximum Gasteiger partial charge on any atom is 0.165 e. The molecule has 124 valence electrons. The highest BCUT2D eigenvalue weighted by Gasteiger charge is 2.65. The molecule has 1 fully saturated rings. The molecular formula is C18H23NO4. The maximum atomic E-state index is 11.7. The number of aldehydes is 1. The van der Waals surface area contributed by atoms with Crippen molar-refractivity contribution in [1.29, 1.82) is 0 Å². The van der Waals surface area contributed by atoms with Crippen LogP contribution in [0.1, 0.15) is 30.4 Å². The van der Waals surface area contributed by atoms with Crippen LogP contribution in [0.5, 0.6) is 11.5 Å². The number of likely N-dealkylation sites (N-methyl/N-ethyl adjacent to an activating group) is 1. The molecule has 2 bridgehead atoms. The topological polar surface area (TPSA) is 59.0 Å². The number of hydrogen-bond donors (Lipinski definition) is 1. The minimum Gasteiger partial charge on any atom is -0.493 e. The Bertz CT molecular complexity index is 661. The Morgan fingerprint density at radius 3 is 3.09 bits per heavy atom. The van der Waals surface area contributed by atoms with Crippen molar-refractivity contribution in [3.05, 3.63) is 23.3 Å². The summed E-state index contributed by atoms with van der Waals surface area (Å²) in [4.78, 5) is 13.2. The molecule has 1 aliphatic carbocycles. The molecule has 5 heteroatoms. The van der Waals surface area contributed by atoms with E-state index in [-0.39, 0.29) is 6.04 Å². The second-order valence-corrected chi connectivity index (χ2v) is 7.08. The number of aliphatic hydroxyl groups is 1. The average molecular weight is 317 g/mol. The second kappa shape index (κ2) is 4.95. The van der Waals surface area contributed by atoms with Gasteiger partial charge in [-0.2, -0.15) is 0 Å². The third-order valence-corrected chi connectivity index (χ3v) is 6.23. The Kier molecular flexibility index (Phi) is 3.22. The fourth-order valence-electron chi connectivity index (χ4n) is 5.05. The van der Waals surface area contributed by atoms with Crippen molar-refractivity contribution < 1.29 is 19.4 Å². The molecule has 1 N–H and O–H groups in total. The fourth-order valence-corrected chi connectivity index (χ4v) is 5.05. The number of fused-ring (bicyclic) bond motifs is 1. The molecule has 1 spiro atoms. The van der Waals surface area contributed by atoms with Gasteiger partial charge in [-0.05, 0) is 44.5 Å². The molecule has 23 heavy (non-hydrogen) atoms. The van der Waals surface area contributed by atoms with E-state index in [1.54, 1.807) is 7.11 Å². The third kappa shape index (κ3) is 1.72. The molecule has 0 radical (unpaired) electrons. The zero-order valence-corrected chi connectivity index (χ0v) is 13.7. The molecule has 3 atom stereocenters. The number of nitrogens with zero attached hydrogens (tertiary/aromatic N) is 1. The van der Waals surface area contributed by atoms with E-state index in [1.165, 1.54) is 5.56 Å². The zero-order valence-electron chi connectivity index (χ0n) is 13.7. The van der Waals surface area contributed by atoms with Crippen molar-refractivity contribution >= 4 is 6.29 Å². The minimum atomic E-state index is -0.939. The van der Waals surface area contributed by atoms with E-state index in [0.29, 0.717) is 19.4 Å². The Hall–Kier alpha value is -1.59. The molecule has 0 amide bonds. The Labute approximate surface area is 136 Å². The third-order valence-electron chi connectivity index (χ3n) is 6.23. The summed E-state index contributed by atoms with van der Waals surface area (Å²) >= 11 is 0. The van der Waals surface area contributed by atoms with Crippen molar-refractivity contribution in [2.75, 3.05) is 27.3 Å². The van der Waals surface area contributed by atoms with Crippen LogP contribution in [0.4, 0.5) is 0 Å². The normalized spacial score (nSPS) is 34.7. The predicted molar refractivity (Wildman–Crippen MR) is 85.2 cm³/mol. The molecule has 2 heterocycles. The second-order valence-electron chi connectivity index (χ2n) is 7.08. The number of methoxy groups -OCH3 is 1. The van der Waals surface area contributed by atoms with Crippen LogP contribution in [-0.2, 0) is 16.6 Å². The van der Waals surface area contributed by atoms with Crippen LogP contribution in [0.3, 0.4) is 0 Å². The number of ether oxygens (including phenoxy) is 2. The summed E-state index contributed by atoms with van der Waals surface area (Å²) in [7, 11) is 3.71. The molecule has 0 aromatic heterocycles. The molecule has 0 saturated carbocycles. The van der Waals surface area contributed by atoms with Gasteiger partial charge >= 0.3 is 0 Å². The van der Waals surface area contributed by atoms with Crippen LogP contribution in [0.2, 0.25) is 0 Å². The predicted octanol–water partition coefficient (Wildman–Crippen LogP) is 1.30. The van der Waals surface area contributed by atoms with Gasteiger partial charge in [-0.1, -0.05) is 6.07 Å². The number of likely N-dealkylation sites (tertiary alicyclic amines) is 1. The first-order chi connectivity index (χ1) is 11.1. The van der Waals surface area contributed by atoms with Crippen molar-refractivity contribution in [3.8, 4) is 11.5 Å². The van der Waals surface area contributed by atoms with E-state index in [9.17, 15) is 9.90 Å². The van der Waals surface area contributed by atoms with E-state index in [1.807, 2.05) is 6.07 Å². The molecule has 2 aliphatic heterocycles.